The summed E-state index contributed by atoms with van der Waals surface area (Å²) in [4.78, 5) is 19.3. The fraction of sp³-hybridized carbons (Fsp3) is 0.333. The van der Waals surface area contributed by atoms with Crippen molar-refractivity contribution in [1.29, 1.82) is 0 Å². The molecule has 2 aromatic heterocycles. The Labute approximate surface area is 168 Å². The molecular formula is C21H23F3N2O2Si. The van der Waals surface area contributed by atoms with Crippen molar-refractivity contribution < 1.29 is 22.4 Å². The minimum atomic E-state index is -4.60. The fourth-order valence-corrected chi connectivity index (χ4v) is 3.68. The van der Waals surface area contributed by atoms with Crippen molar-refractivity contribution in [3.63, 3.8) is 0 Å². The highest BCUT2D eigenvalue weighted by Gasteiger charge is 2.39. The number of halogens is 3. The number of fused-ring (bicyclic) bond motifs is 1. The van der Waals surface area contributed by atoms with Crippen LogP contribution < -0.4 is 4.43 Å². The van der Waals surface area contributed by atoms with Gasteiger partial charge < -0.3 is 9.41 Å². The lowest BCUT2D eigenvalue weighted by molar-refractivity contribution is -0.141. The molecule has 154 valence electrons. The van der Waals surface area contributed by atoms with Crippen molar-refractivity contribution in [3.8, 4) is 5.75 Å². The topological polar surface area (TPSA) is 55.0 Å². The number of carbonyl (C=O) groups excluding carboxylic acids is 1. The summed E-state index contributed by atoms with van der Waals surface area (Å²) in [5, 5.41) is 0.644. The first-order chi connectivity index (χ1) is 13.3. The number of ketones is 1. The molecule has 0 amide bonds. The molecular weight excluding hydrogens is 397 g/mol. The smallest absolute Gasteiger partial charge is 0.433 e. The number of nitrogens with one attached hydrogen (secondary N) is 1. The fourth-order valence-electron chi connectivity index (χ4n) is 2.66. The maximum atomic E-state index is 12.9. The van der Waals surface area contributed by atoms with Gasteiger partial charge in [-0.2, -0.15) is 13.2 Å². The van der Waals surface area contributed by atoms with Gasteiger partial charge in [0, 0.05) is 28.7 Å². The van der Waals surface area contributed by atoms with E-state index in [9.17, 15) is 18.0 Å². The molecule has 2 heterocycles. The normalized spacial score (nSPS) is 13.0. The molecule has 3 aromatic rings. The van der Waals surface area contributed by atoms with E-state index in [4.69, 9.17) is 4.43 Å². The zero-order chi connectivity index (χ0) is 21.6. The minimum Gasteiger partial charge on any atom is -0.543 e. The Morgan fingerprint density at radius 2 is 1.79 bits per heavy atom. The van der Waals surface area contributed by atoms with Gasteiger partial charge in [0.15, 0.2) is 0 Å². The first-order valence-corrected chi connectivity index (χ1v) is 12.1. The van der Waals surface area contributed by atoms with Crippen LogP contribution in [0.25, 0.3) is 10.9 Å². The molecule has 0 fully saturated rings. The van der Waals surface area contributed by atoms with Crippen LogP contribution in [0.4, 0.5) is 13.2 Å². The van der Waals surface area contributed by atoms with E-state index in [2.05, 4.69) is 43.8 Å². The lowest BCUT2D eigenvalue weighted by Gasteiger charge is -2.36. The quantitative estimate of drug-likeness (QED) is 0.404. The van der Waals surface area contributed by atoms with Crippen LogP contribution in [0.1, 0.15) is 42.5 Å². The van der Waals surface area contributed by atoms with Crippen LogP contribution in [0.2, 0.25) is 18.1 Å². The third kappa shape index (κ3) is 4.22. The second-order valence-electron chi connectivity index (χ2n) is 8.51. The average Bonchev–Trinajstić information content (AvgIpc) is 3.02. The van der Waals surface area contributed by atoms with E-state index < -0.39 is 26.0 Å². The molecule has 0 aliphatic rings. The number of rotatable bonds is 4. The molecule has 29 heavy (non-hydrogen) atoms. The summed E-state index contributed by atoms with van der Waals surface area (Å²) in [5.41, 5.74) is -0.391. The van der Waals surface area contributed by atoms with Gasteiger partial charge in [0.05, 0.1) is 0 Å². The molecule has 0 aliphatic heterocycles. The molecule has 3 rings (SSSR count). The van der Waals surface area contributed by atoms with E-state index in [0.717, 1.165) is 6.07 Å². The third-order valence-electron chi connectivity index (χ3n) is 5.35. The molecule has 0 aliphatic carbocycles. The average molecular weight is 421 g/mol. The van der Waals surface area contributed by atoms with Crippen LogP contribution in [-0.4, -0.2) is 24.1 Å². The van der Waals surface area contributed by atoms with E-state index >= 15 is 0 Å². The molecule has 0 bridgehead atoms. The molecule has 0 atom stereocenters. The number of pyridine rings is 1. The van der Waals surface area contributed by atoms with E-state index in [1.54, 1.807) is 12.1 Å². The minimum absolute atomic E-state index is 0.0357. The number of aromatic nitrogens is 2. The molecule has 0 saturated heterocycles. The Morgan fingerprint density at radius 1 is 1.10 bits per heavy atom. The standard InChI is InChI=1S/C21H23F3N2O2Si/c1-20(2,3)29(4,5)28-13-9-10-14-15(12-25-17(14)11-13)19(27)16-7-6-8-18(26-16)21(22,23)24/h6-12,25H,1-5H3. The summed E-state index contributed by atoms with van der Waals surface area (Å²) in [6, 6.07) is 8.65. The maximum Gasteiger partial charge on any atom is 0.433 e. The van der Waals surface area contributed by atoms with Gasteiger partial charge in [-0.25, -0.2) is 4.98 Å². The Hall–Kier alpha value is -2.61. The Kier molecular flexibility index (Phi) is 5.11. The highest BCUT2D eigenvalue weighted by Crippen LogP contribution is 2.38. The summed E-state index contributed by atoms with van der Waals surface area (Å²) in [6.07, 6.45) is -3.11. The van der Waals surface area contributed by atoms with Gasteiger partial charge in [0.1, 0.15) is 17.1 Å². The van der Waals surface area contributed by atoms with Crippen LogP contribution in [0.3, 0.4) is 0 Å². The number of aromatic amines is 1. The first kappa shape index (κ1) is 21.1. The van der Waals surface area contributed by atoms with Crippen LogP contribution >= 0.6 is 0 Å². The molecule has 0 radical (unpaired) electrons. The van der Waals surface area contributed by atoms with Crippen molar-refractivity contribution in [2.75, 3.05) is 0 Å². The Bertz CT molecular complexity index is 1070. The monoisotopic (exact) mass is 420 g/mol. The van der Waals surface area contributed by atoms with Gasteiger partial charge >= 0.3 is 6.18 Å². The summed E-state index contributed by atoms with van der Waals surface area (Å²) in [6.45, 7) is 10.7. The van der Waals surface area contributed by atoms with Gasteiger partial charge in [-0.3, -0.25) is 4.79 Å². The number of alkyl halides is 3. The molecule has 1 aromatic carbocycles. The molecule has 4 nitrogen and oxygen atoms in total. The van der Waals surface area contributed by atoms with Crippen molar-refractivity contribution in [3.05, 3.63) is 59.5 Å². The largest absolute Gasteiger partial charge is 0.543 e. The number of hydrogen-bond acceptors (Lipinski definition) is 3. The number of carbonyl (C=O) groups is 1. The highest BCUT2D eigenvalue weighted by molar-refractivity contribution is 6.74. The Morgan fingerprint density at radius 3 is 2.41 bits per heavy atom. The lowest BCUT2D eigenvalue weighted by atomic mass is 10.1. The highest BCUT2D eigenvalue weighted by atomic mass is 28.4. The summed E-state index contributed by atoms with van der Waals surface area (Å²) in [7, 11) is -2.02. The van der Waals surface area contributed by atoms with Gasteiger partial charge in [0.25, 0.3) is 0 Å². The Balaban J connectivity index is 1.94. The van der Waals surface area contributed by atoms with Crippen LogP contribution in [-0.2, 0) is 6.18 Å². The number of benzene rings is 1. The molecule has 0 unspecified atom stereocenters. The van der Waals surface area contributed by atoms with Gasteiger partial charge in [-0.1, -0.05) is 26.8 Å². The summed E-state index contributed by atoms with van der Waals surface area (Å²) in [5.74, 6) is 0.127. The lowest BCUT2D eigenvalue weighted by Crippen LogP contribution is -2.43. The van der Waals surface area contributed by atoms with Crippen molar-refractivity contribution in [2.45, 2.75) is 45.1 Å². The second-order valence-corrected chi connectivity index (χ2v) is 13.2. The van der Waals surface area contributed by atoms with E-state index in [1.165, 1.54) is 18.3 Å². The molecule has 8 heteroatoms. The second kappa shape index (κ2) is 7.02. The maximum absolute atomic E-state index is 12.9. The number of H-pyrrole nitrogens is 1. The molecule has 0 spiro atoms. The van der Waals surface area contributed by atoms with Crippen LogP contribution in [0.5, 0.6) is 5.75 Å². The van der Waals surface area contributed by atoms with Crippen molar-refractivity contribution >= 4 is 25.0 Å². The van der Waals surface area contributed by atoms with Crippen molar-refractivity contribution in [1.82, 2.24) is 9.97 Å². The SMILES string of the molecule is CC(C)(C)[Si](C)(C)Oc1ccc2c(C(=O)c3cccc(C(F)(F)F)n3)c[nH]c2c1. The van der Waals surface area contributed by atoms with Crippen LogP contribution in [0.15, 0.2) is 42.6 Å². The van der Waals surface area contributed by atoms with Gasteiger partial charge in [0.2, 0.25) is 14.1 Å². The number of hydrogen-bond donors (Lipinski definition) is 1. The van der Waals surface area contributed by atoms with E-state index in [0.29, 0.717) is 16.7 Å². The van der Waals surface area contributed by atoms with Gasteiger partial charge in [-0.15, -0.1) is 0 Å². The summed E-state index contributed by atoms with van der Waals surface area (Å²) < 4.78 is 45.0. The summed E-state index contributed by atoms with van der Waals surface area (Å²) >= 11 is 0. The predicted molar refractivity (Wildman–Crippen MR) is 109 cm³/mol. The zero-order valence-corrected chi connectivity index (χ0v) is 17.9. The number of nitrogens with zero attached hydrogens (tertiary/aromatic N) is 1. The van der Waals surface area contributed by atoms with E-state index in [-0.39, 0.29) is 16.3 Å². The van der Waals surface area contributed by atoms with Crippen LogP contribution in [0, 0.1) is 0 Å². The molecule has 1 N–H and O–H groups in total. The first-order valence-electron chi connectivity index (χ1n) is 9.19. The van der Waals surface area contributed by atoms with Gasteiger partial charge in [-0.05, 0) is 42.4 Å². The van der Waals surface area contributed by atoms with E-state index in [1.807, 2.05) is 6.07 Å². The van der Waals surface area contributed by atoms with Crippen molar-refractivity contribution in [2.24, 2.45) is 0 Å². The predicted octanol–water partition coefficient (Wildman–Crippen LogP) is 6.20. The third-order valence-corrected chi connectivity index (χ3v) is 9.71. The molecule has 0 saturated carbocycles. The zero-order valence-electron chi connectivity index (χ0n) is 16.9.